The minimum Gasteiger partial charge on any atom is -0.389 e. The molecule has 0 unspecified atom stereocenters. The number of thiocarbonyl (C=S) groups is 1. The highest BCUT2D eigenvalue weighted by atomic mass is 32.2. The van der Waals surface area contributed by atoms with Crippen molar-refractivity contribution >= 4 is 34.8 Å². The summed E-state index contributed by atoms with van der Waals surface area (Å²) in [6.07, 6.45) is 2.95. The Hall–Kier alpha value is -0.810. The first-order chi connectivity index (χ1) is 8.49. The number of hydrogen-bond donors (Lipinski definition) is 1. The molecule has 0 saturated carbocycles. The molecule has 2 rings (SSSR count). The minimum atomic E-state index is 0.340. The normalized spacial score (nSPS) is 19.3. The van der Waals surface area contributed by atoms with Crippen LogP contribution in [0.5, 0.6) is 0 Å². The highest BCUT2D eigenvalue weighted by Gasteiger charge is 2.25. The lowest BCUT2D eigenvalue weighted by molar-refractivity contribution is 0.635. The maximum Gasteiger partial charge on any atom is 0.138 e. The fourth-order valence-electron chi connectivity index (χ4n) is 2.07. The second-order valence-corrected chi connectivity index (χ2v) is 7.33. The van der Waals surface area contributed by atoms with Crippen molar-refractivity contribution in [1.29, 1.82) is 0 Å². The van der Waals surface area contributed by atoms with E-state index in [1.807, 2.05) is 23.9 Å². The van der Waals surface area contributed by atoms with Gasteiger partial charge in [-0.2, -0.15) is 11.8 Å². The van der Waals surface area contributed by atoms with Crippen LogP contribution in [0.25, 0.3) is 0 Å². The molecule has 98 valence electrons. The molecule has 0 spiro atoms. The van der Waals surface area contributed by atoms with Crippen molar-refractivity contribution in [3.05, 3.63) is 23.9 Å². The predicted octanol–water partition coefficient (Wildman–Crippen LogP) is 2.44. The topological polar surface area (TPSA) is 42.2 Å². The molecule has 0 aromatic carbocycles. The van der Waals surface area contributed by atoms with Gasteiger partial charge in [0.25, 0.3) is 0 Å². The van der Waals surface area contributed by atoms with Gasteiger partial charge in [-0.3, -0.25) is 0 Å². The van der Waals surface area contributed by atoms with E-state index in [2.05, 4.69) is 23.7 Å². The summed E-state index contributed by atoms with van der Waals surface area (Å²) in [7, 11) is 0. The van der Waals surface area contributed by atoms with Gasteiger partial charge in [-0.25, -0.2) is 4.98 Å². The lowest BCUT2D eigenvalue weighted by atomic mass is 10.1. The summed E-state index contributed by atoms with van der Waals surface area (Å²) in [5, 5.41) is 0. The molecule has 3 nitrogen and oxygen atoms in total. The van der Waals surface area contributed by atoms with Crippen LogP contribution in [0.4, 0.5) is 5.82 Å². The molecule has 0 atom stereocenters. The molecule has 1 aromatic rings. The van der Waals surface area contributed by atoms with E-state index < -0.39 is 0 Å². The Morgan fingerprint density at radius 3 is 3.00 bits per heavy atom. The smallest absolute Gasteiger partial charge is 0.138 e. The van der Waals surface area contributed by atoms with Gasteiger partial charge in [0.2, 0.25) is 0 Å². The molecule has 5 heteroatoms. The van der Waals surface area contributed by atoms with Crippen LogP contribution in [-0.4, -0.2) is 33.6 Å². The molecular weight excluding hydrogens is 262 g/mol. The Labute approximate surface area is 118 Å². The fourth-order valence-corrected chi connectivity index (χ4v) is 3.33. The van der Waals surface area contributed by atoms with E-state index in [0.29, 0.717) is 9.74 Å². The first kappa shape index (κ1) is 13.6. The molecular formula is C13H19N3S2. The van der Waals surface area contributed by atoms with Gasteiger partial charge < -0.3 is 10.6 Å². The predicted molar refractivity (Wildman–Crippen MR) is 83.5 cm³/mol. The van der Waals surface area contributed by atoms with Crippen LogP contribution in [0.1, 0.15) is 25.8 Å². The van der Waals surface area contributed by atoms with Crippen LogP contribution in [0.15, 0.2) is 18.3 Å². The first-order valence-corrected chi connectivity index (χ1v) is 7.53. The van der Waals surface area contributed by atoms with E-state index >= 15 is 0 Å². The van der Waals surface area contributed by atoms with Crippen LogP contribution < -0.4 is 10.6 Å². The summed E-state index contributed by atoms with van der Waals surface area (Å²) in [5.74, 6) is 2.05. The van der Waals surface area contributed by atoms with Crippen LogP contribution >= 0.6 is 24.0 Å². The summed E-state index contributed by atoms with van der Waals surface area (Å²) >= 11 is 7.12. The van der Waals surface area contributed by atoms with Crippen molar-refractivity contribution in [1.82, 2.24) is 4.98 Å². The number of anilines is 1. The second kappa shape index (κ2) is 5.45. The van der Waals surface area contributed by atoms with Gasteiger partial charge in [-0.05, 0) is 18.6 Å². The van der Waals surface area contributed by atoms with Gasteiger partial charge >= 0.3 is 0 Å². The number of nitrogens with two attached hydrogens (primary N) is 1. The molecule has 0 radical (unpaired) electrons. The standard InChI is InChI=1S/C13H19N3S2/c1-13(2)5-7-16(8-9-18-13)12-10(11(14)17)4-3-6-15-12/h3-4,6H,5,7-9H2,1-2H3,(H2,14,17). The molecule has 1 aliphatic heterocycles. The molecule has 1 fully saturated rings. The van der Waals surface area contributed by atoms with Gasteiger partial charge in [0.1, 0.15) is 10.8 Å². The van der Waals surface area contributed by atoms with Gasteiger partial charge in [-0.1, -0.05) is 26.1 Å². The number of aromatic nitrogens is 1. The Bertz CT molecular complexity index is 446. The van der Waals surface area contributed by atoms with E-state index in [9.17, 15) is 0 Å². The van der Waals surface area contributed by atoms with Crippen molar-refractivity contribution in [2.24, 2.45) is 5.73 Å². The lowest BCUT2D eigenvalue weighted by Crippen LogP contribution is -2.30. The number of rotatable bonds is 2. The molecule has 1 aromatic heterocycles. The maximum absolute atomic E-state index is 5.77. The Kier molecular flexibility index (Phi) is 4.12. The summed E-state index contributed by atoms with van der Waals surface area (Å²) in [6, 6.07) is 3.84. The van der Waals surface area contributed by atoms with Gasteiger partial charge in [-0.15, -0.1) is 0 Å². The third kappa shape index (κ3) is 3.14. The average molecular weight is 281 g/mol. The average Bonchev–Trinajstić information content (AvgIpc) is 2.50. The highest BCUT2D eigenvalue weighted by Crippen LogP contribution is 2.32. The largest absolute Gasteiger partial charge is 0.389 e. The molecule has 1 aliphatic rings. The second-order valence-electron chi connectivity index (χ2n) is 5.08. The van der Waals surface area contributed by atoms with Crippen molar-refractivity contribution in [2.75, 3.05) is 23.7 Å². The monoisotopic (exact) mass is 281 g/mol. The SMILES string of the molecule is CC1(C)CCN(c2ncccc2C(N)=S)CCS1. The van der Waals surface area contributed by atoms with E-state index in [1.165, 1.54) is 0 Å². The summed E-state index contributed by atoms with van der Waals surface area (Å²) in [4.78, 5) is 7.19. The Morgan fingerprint density at radius 1 is 1.50 bits per heavy atom. The lowest BCUT2D eigenvalue weighted by Gasteiger charge is -2.24. The quantitative estimate of drug-likeness (QED) is 0.843. The number of nitrogens with zero attached hydrogens (tertiary/aromatic N) is 2. The maximum atomic E-state index is 5.77. The number of hydrogen-bond acceptors (Lipinski definition) is 4. The third-order valence-electron chi connectivity index (χ3n) is 3.19. The number of thioether (sulfide) groups is 1. The van der Waals surface area contributed by atoms with Gasteiger partial charge in [0.15, 0.2) is 0 Å². The van der Waals surface area contributed by atoms with E-state index in [-0.39, 0.29) is 0 Å². The number of pyridine rings is 1. The molecule has 0 bridgehead atoms. The van der Waals surface area contributed by atoms with Crippen LogP contribution in [0.2, 0.25) is 0 Å². The third-order valence-corrected chi connectivity index (χ3v) is 4.78. The first-order valence-electron chi connectivity index (χ1n) is 6.13. The van der Waals surface area contributed by atoms with Crippen molar-refractivity contribution in [3.8, 4) is 0 Å². The van der Waals surface area contributed by atoms with Crippen LogP contribution in [-0.2, 0) is 0 Å². The molecule has 1 saturated heterocycles. The van der Waals surface area contributed by atoms with Gasteiger partial charge in [0.05, 0.1) is 5.56 Å². The zero-order chi connectivity index (χ0) is 13.2. The Balaban J connectivity index is 2.24. The summed E-state index contributed by atoms with van der Waals surface area (Å²) in [6.45, 7) is 6.61. The Morgan fingerprint density at radius 2 is 2.28 bits per heavy atom. The van der Waals surface area contributed by atoms with E-state index in [1.54, 1.807) is 6.20 Å². The van der Waals surface area contributed by atoms with Gasteiger partial charge in [0, 0.05) is 29.8 Å². The van der Waals surface area contributed by atoms with Crippen LogP contribution in [0, 0.1) is 0 Å². The van der Waals surface area contributed by atoms with Crippen molar-refractivity contribution in [2.45, 2.75) is 25.0 Å². The molecule has 0 amide bonds. The van der Waals surface area contributed by atoms with Crippen molar-refractivity contribution in [3.63, 3.8) is 0 Å². The minimum absolute atomic E-state index is 0.340. The zero-order valence-corrected chi connectivity index (χ0v) is 12.5. The summed E-state index contributed by atoms with van der Waals surface area (Å²) in [5.41, 5.74) is 6.66. The highest BCUT2D eigenvalue weighted by molar-refractivity contribution is 8.00. The molecule has 0 aliphatic carbocycles. The summed E-state index contributed by atoms with van der Waals surface area (Å²) < 4.78 is 0.340. The van der Waals surface area contributed by atoms with E-state index in [0.717, 1.165) is 36.6 Å². The molecule has 2 N–H and O–H groups in total. The fraction of sp³-hybridized carbons (Fsp3) is 0.538. The van der Waals surface area contributed by atoms with Crippen molar-refractivity contribution < 1.29 is 0 Å². The molecule has 2 heterocycles. The van der Waals surface area contributed by atoms with Crippen LogP contribution in [0.3, 0.4) is 0 Å². The van der Waals surface area contributed by atoms with E-state index in [4.69, 9.17) is 18.0 Å². The molecule has 18 heavy (non-hydrogen) atoms. The zero-order valence-electron chi connectivity index (χ0n) is 10.8.